The minimum atomic E-state index is -0.536. The van der Waals surface area contributed by atoms with Crippen LogP contribution in [0.25, 0.3) is 0 Å². The monoisotopic (exact) mass is 273 g/mol. The van der Waals surface area contributed by atoms with E-state index in [2.05, 4.69) is 0 Å². The molecule has 0 aromatic carbocycles. The number of carbonyl (C=O) groups is 2. The summed E-state index contributed by atoms with van der Waals surface area (Å²) in [5, 5.41) is 0. The van der Waals surface area contributed by atoms with Crippen molar-refractivity contribution in [2.24, 2.45) is 0 Å². The zero-order chi connectivity index (χ0) is 14.7. The van der Waals surface area contributed by atoms with Crippen LogP contribution in [0.3, 0.4) is 0 Å². The van der Waals surface area contributed by atoms with Gasteiger partial charge < -0.3 is 9.47 Å². The lowest BCUT2D eigenvalue weighted by Crippen LogP contribution is -2.43. The Kier molecular flexibility index (Phi) is 10.2. The van der Waals surface area contributed by atoms with Crippen molar-refractivity contribution in [2.75, 3.05) is 26.3 Å². The second-order valence-corrected chi connectivity index (χ2v) is 4.33. The maximum atomic E-state index is 12.0. The maximum Gasteiger partial charge on any atom is 0.323 e. The molecule has 0 rings (SSSR count). The van der Waals surface area contributed by atoms with Crippen molar-refractivity contribution in [2.45, 2.75) is 53.0 Å². The summed E-state index contributed by atoms with van der Waals surface area (Å²) in [4.78, 5) is 25.6. The Morgan fingerprint density at radius 2 is 1.47 bits per heavy atom. The molecular weight excluding hydrogens is 246 g/mol. The molecule has 0 fully saturated rings. The van der Waals surface area contributed by atoms with Crippen LogP contribution in [0.2, 0.25) is 0 Å². The van der Waals surface area contributed by atoms with Gasteiger partial charge in [-0.05, 0) is 25.9 Å². The maximum absolute atomic E-state index is 12.0. The number of likely N-dealkylation sites (N-methyl/N-ethyl adjacent to an activating group) is 1. The Morgan fingerprint density at radius 3 is 1.95 bits per heavy atom. The molecule has 0 radical (unpaired) electrons. The van der Waals surface area contributed by atoms with Gasteiger partial charge in [0.15, 0.2) is 0 Å². The van der Waals surface area contributed by atoms with Gasteiger partial charge in [0.25, 0.3) is 0 Å². The highest BCUT2D eigenvalue weighted by Crippen LogP contribution is 2.08. The Balaban J connectivity index is 4.56. The summed E-state index contributed by atoms with van der Waals surface area (Å²) >= 11 is 0. The molecule has 0 saturated carbocycles. The Bertz CT molecular complexity index is 264. The molecule has 19 heavy (non-hydrogen) atoms. The average molecular weight is 273 g/mol. The van der Waals surface area contributed by atoms with Crippen molar-refractivity contribution in [1.29, 1.82) is 0 Å². The SMILES string of the molecule is CCCOC(=O)CC(C(=O)OCCC)N(CC)CC. The van der Waals surface area contributed by atoms with Crippen LogP contribution >= 0.6 is 0 Å². The lowest BCUT2D eigenvalue weighted by molar-refractivity contribution is -0.156. The summed E-state index contributed by atoms with van der Waals surface area (Å²) in [6, 6.07) is -0.536. The van der Waals surface area contributed by atoms with Crippen molar-refractivity contribution in [3.05, 3.63) is 0 Å². The normalized spacial score (nSPS) is 12.3. The van der Waals surface area contributed by atoms with E-state index >= 15 is 0 Å². The number of ether oxygens (including phenoxy) is 2. The average Bonchev–Trinajstić information content (AvgIpc) is 2.42. The summed E-state index contributed by atoms with van der Waals surface area (Å²) in [6.07, 6.45) is 1.61. The standard InChI is InChI=1S/C14H27NO4/c1-5-9-18-13(16)11-12(15(7-3)8-4)14(17)19-10-6-2/h12H,5-11H2,1-4H3. The van der Waals surface area contributed by atoms with Gasteiger partial charge in [-0.1, -0.05) is 27.7 Å². The second kappa shape index (κ2) is 10.8. The first-order valence-electron chi connectivity index (χ1n) is 7.16. The molecule has 112 valence electrons. The number of hydrogen-bond acceptors (Lipinski definition) is 5. The van der Waals surface area contributed by atoms with Gasteiger partial charge in [0.1, 0.15) is 6.04 Å². The molecule has 5 nitrogen and oxygen atoms in total. The van der Waals surface area contributed by atoms with Gasteiger partial charge >= 0.3 is 11.9 Å². The number of rotatable bonds is 10. The molecule has 0 bridgehead atoms. The minimum absolute atomic E-state index is 0.0597. The van der Waals surface area contributed by atoms with Gasteiger partial charge in [0, 0.05) is 0 Å². The molecule has 0 N–H and O–H groups in total. The topological polar surface area (TPSA) is 55.8 Å². The van der Waals surface area contributed by atoms with E-state index in [-0.39, 0.29) is 18.4 Å². The molecule has 1 atom stereocenters. The fourth-order valence-electron chi connectivity index (χ4n) is 1.76. The highest BCUT2D eigenvalue weighted by molar-refractivity contribution is 5.82. The Labute approximate surface area is 116 Å². The zero-order valence-corrected chi connectivity index (χ0v) is 12.6. The van der Waals surface area contributed by atoms with E-state index < -0.39 is 6.04 Å². The van der Waals surface area contributed by atoms with Crippen LogP contribution in [0.15, 0.2) is 0 Å². The van der Waals surface area contributed by atoms with E-state index in [0.29, 0.717) is 26.3 Å². The van der Waals surface area contributed by atoms with Crippen molar-refractivity contribution >= 4 is 11.9 Å². The smallest absolute Gasteiger partial charge is 0.323 e. The molecule has 0 aliphatic carbocycles. The van der Waals surface area contributed by atoms with E-state index in [1.165, 1.54) is 0 Å². The molecule has 0 heterocycles. The van der Waals surface area contributed by atoms with Crippen LogP contribution in [0.5, 0.6) is 0 Å². The second-order valence-electron chi connectivity index (χ2n) is 4.33. The molecule has 0 spiro atoms. The first-order valence-corrected chi connectivity index (χ1v) is 7.16. The van der Waals surface area contributed by atoms with E-state index in [0.717, 1.165) is 12.8 Å². The van der Waals surface area contributed by atoms with E-state index in [1.807, 2.05) is 32.6 Å². The number of hydrogen-bond donors (Lipinski definition) is 0. The van der Waals surface area contributed by atoms with Crippen molar-refractivity contribution < 1.29 is 19.1 Å². The highest BCUT2D eigenvalue weighted by Gasteiger charge is 2.28. The predicted octanol–water partition coefficient (Wildman–Crippen LogP) is 1.99. The summed E-state index contributed by atoms with van der Waals surface area (Å²) in [5.41, 5.74) is 0. The predicted molar refractivity (Wildman–Crippen MR) is 73.8 cm³/mol. The van der Waals surface area contributed by atoms with Gasteiger partial charge in [0.05, 0.1) is 19.6 Å². The molecule has 1 unspecified atom stereocenters. The fraction of sp³-hybridized carbons (Fsp3) is 0.857. The zero-order valence-electron chi connectivity index (χ0n) is 12.6. The van der Waals surface area contributed by atoms with E-state index in [4.69, 9.17) is 9.47 Å². The third-order valence-electron chi connectivity index (χ3n) is 2.80. The molecule has 0 saturated heterocycles. The Hall–Kier alpha value is -1.10. The molecule has 0 aliphatic heterocycles. The van der Waals surface area contributed by atoms with Gasteiger partial charge in [-0.15, -0.1) is 0 Å². The molecular formula is C14H27NO4. The molecule has 5 heteroatoms. The minimum Gasteiger partial charge on any atom is -0.466 e. The molecule has 0 aliphatic rings. The molecule has 0 aromatic heterocycles. The van der Waals surface area contributed by atoms with Crippen LogP contribution < -0.4 is 0 Å². The lowest BCUT2D eigenvalue weighted by Gasteiger charge is -2.27. The number of nitrogens with zero attached hydrogens (tertiary/aromatic N) is 1. The van der Waals surface area contributed by atoms with Crippen molar-refractivity contribution in [1.82, 2.24) is 4.90 Å². The summed E-state index contributed by atoms with van der Waals surface area (Å²) in [6.45, 7) is 9.98. The van der Waals surface area contributed by atoms with Crippen molar-refractivity contribution in [3.8, 4) is 0 Å². The van der Waals surface area contributed by atoms with Crippen LogP contribution in [-0.4, -0.2) is 49.2 Å². The molecule has 0 amide bonds. The number of esters is 2. The Morgan fingerprint density at radius 1 is 0.947 bits per heavy atom. The van der Waals surface area contributed by atoms with Gasteiger partial charge in [-0.3, -0.25) is 14.5 Å². The highest BCUT2D eigenvalue weighted by atomic mass is 16.5. The quantitative estimate of drug-likeness (QED) is 0.570. The first-order chi connectivity index (χ1) is 9.10. The third kappa shape index (κ3) is 7.15. The summed E-state index contributed by atoms with van der Waals surface area (Å²) in [5.74, 6) is -0.675. The summed E-state index contributed by atoms with van der Waals surface area (Å²) in [7, 11) is 0. The van der Waals surface area contributed by atoms with Crippen molar-refractivity contribution in [3.63, 3.8) is 0 Å². The fourth-order valence-corrected chi connectivity index (χ4v) is 1.76. The van der Waals surface area contributed by atoms with E-state index in [1.54, 1.807) is 0 Å². The lowest BCUT2D eigenvalue weighted by atomic mass is 10.1. The van der Waals surface area contributed by atoms with E-state index in [9.17, 15) is 9.59 Å². The van der Waals surface area contributed by atoms with Gasteiger partial charge in [-0.25, -0.2) is 0 Å². The number of carbonyl (C=O) groups excluding carboxylic acids is 2. The van der Waals surface area contributed by atoms with Crippen LogP contribution in [0.1, 0.15) is 47.0 Å². The van der Waals surface area contributed by atoms with Crippen LogP contribution in [0.4, 0.5) is 0 Å². The first kappa shape index (κ1) is 17.9. The van der Waals surface area contributed by atoms with Crippen LogP contribution in [-0.2, 0) is 19.1 Å². The largest absolute Gasteiger partial charge is 0.466 e. The molecule has 0 aromatic rings. The van der Waals surface area contributed by atoms with Crippen LogP contribution in [0, 0.1) is 0 Å². The summed E-state index contributed by atoms with van der Waals surface area (Å²) < 4.78 is 10.2. The third-order valence-corrected chi connectivity index (χ3v) is 2.80. The van der Waals surface area contributed by atoms with Gasteiger partial charge in [-0.2, -0.15) is 0 Å². The van der Waals surface area contributed by atoms with Gasteiger partial charge in [0.2, 0.25) is 0 Å².